The first-order chi connectivity index (χ1) is 15.1. The highest BCUT2D eigenvalue weighted by atomic mass is 16.5. The minimum atomic E-state index is -0.0309. The summed E-state index contributed by atoms with van der Waals surface area (Å²) in [5.41, 5.74) is 1.89. The lowest BCUT2D eigenvalue weighted by atomic mass is 9.95. The van der Waals surface area contributed by atoms with Crippen LogP contribution in [0.4, 0.5) is 5.69 Å². The monoisotopic (exact) mass is 421 g/mol. The van der Waals surface area contributed by atoms with Crippen LogP contribution in [-0.4, -0.2) is 54.3 Å². The molecule has 2 aliphatic heterocycles. The second-order valence-corrected chi connectivity index (χ2v) is 8.57. The van der Waals surface area contributed by atoms with Crippen molar-refractivity contribution in [1.29, 1.82) is 0 Å². The van der Waals surface area contributed by atoms with Gasteiger partial charge >= 0.3 is 0 Å². The second kappa shape index (κ2) is 9.96. The molecule has 2 fully saturated rings. The minimum Gasteiger partial charge on any atom is -0.457 e. The molecule has 0 aliphatic carbocycles. The Morgan fingerprint density at radius 1 is 0.968 bits per heavy atom. The van der Waals surface area contributed by atoms with Crippen LogP contribution in [0, 0.1) is 12.8 Å². The highest BCUT2D eigenvalue weighted by Gasteiger charge is 2.30. The summed E-state index contributed by atoms with van der Waals surface area (Å²) in [4.78, 5) is 29.2. The van der Waals surface area contributed by atoms with Gasteiger partial charge in [0.05, 0.1) is 6.54 Å². The molecule has 2 saturated heterocycles. The lowest BCUT2D eigenvalue weighted by Crippen LogP contribution is -2.43. The fourth-order valence-electron chi connectivity index (χ4n) is 4.36. The van der Waals surface area contributed by atoms with Gasteiger partial charge in [-0.05, 0) is 87.7 Å². The number of hydrogen-bond donors (Lipinski definition) is 1. The van der Waals surface area contributed by atoms with Gasteiger partial charge in [-0.3, -0.25) is 14.5 Å². The molecule has 0 spiro atoms. The van der Waals surface area contributed by atoms with Gasteiger partial charge in [0.1, 0.15) is 11.5 Å². The van der Waals surface area contributed by atoms with E-state index in [-0.39, 0.29) is 11.8 Å². The molecule has 0 bridgehead atoms. The van der Waals surface area contributed by atoms with Crippen LogP contribution in [0.3, 0.4) is 0 Å². The van der Waals surface area contributed by atoms with Crippen LogP contribution < -0.4 is 10.1 Å². The van der Waals surface area contributed by atoms with Crippen LogP contribution in [0.2, 0.25) is 0 Å². The normalized spacial score (nSPS) is 17.5. The molecule has 31 heavy (non-hydrogen) atoms. The lowest BCUT2D eigenvalue weighted by molar-refractivity contribution is -0.136. The van der Waals surface area contributed by atoms with Gasteiger partial charge in [0.25, 0.3) is 0 Å². The number of ether oxygens (including phenoxy) is 1. The highest BCUT2D eigenvalue weighted by Crippen LogP contribution is 2.24. The van der Waals surface area contributed by atoms with Gasteiger partial charge in [-0.15, -0.1) is 0 Å². The molecule has 1 N–H and O–H groups in total. The first-order valence-electron chi connectivity index (χ1n) is 11.2. The first kappa shape index (κ1) is 21.4. The summed E-state index contributed by atoms with van der Waals surface area (Å²) >= 11 is 0. The van der Waals surface area contributed by atoms with Crippen LogP contribution in [0.15, 0.2) is 48.5 Å². The quantitative estimate of drug-likeness (QED) is 0.764. The Morgan fingerprint density at radius 2 is 1.68 bits per heavy atom. The largest absolute Gasteiger partial charge is 0.457 e. The van der Waals surface area contributed by atoms with Gasteiger partial charge in [0.2, 0.25) is 11.8 Å². The third-order valence-electron chi connectivity index (χ3n) is 6.09. The molecule has 2 aromatic rings. The molecule has 4 rings (SSSR count). The van der Waals surface area contributed by atoms with E-state index in [9.17, 15) is 9.59 Å². The molecule has 6 nitrogen and oxygen atoms in total. The molecule has 2 aliphatic rings. The zero-order chi connectivity index (χ0) is 21.6. The minimum absolute atomic E-state index is 0.0309. The zero-order valence-electron chi connectivity index (χ0n) is 18.2. The molecular weight excluding hydrogens is 390 g/mol. The summed E-state index contributed by atoms with van der Waals surface area (Å²) in [6.07, 6.45) is 3.94. The topological polar surface area (TPSA) is 61.9 Å². The van der Waals surface area contributed by atoms with E-state index in [0.29, 0.717) is 12.5 Å². The van der Waals surface area contributed by atoms with E-state index in [0.717, 1.165) is 74.6 Å². The molecule has 6 heteroatoms. The number of hydrogen-bond acceptors (Lipinski definition) is 4. The zero-order valence-corrected chi connectivity index (χ0v) is 18.2. The standard InChI is InChI=1S/C25H31N3O3/c1-19-5-4-6-23(17-19)31-22-9-7-21(8-10-22)26-24(29)18-27-15-11-20(12-16-27)25(30)28-13-2-3-14-28/h4-10,17,20H,2-3,11-16,18H2,1H3,(H,26,29). The van der Waals surface area contributed by atoms with Gasteiger partial charge in [-0.2, -0.15) is 0 Å². The van der Waals surface area contributed by atoms with E-state index in [2.05, 4.69) is 10.2 Å². The predicted molar refractivity (Wildman–Crippen MR) is 121 cm³/mol. The molecule has 2 heterocycles. The van der Waals surface area contributed by atoms with Crippen LogP contribution in [0.1, 0.15) is 31.2 Å². The average Bonchev–Trinajstić information content (AvgIpc) is 3.30. The molecule has 0 unspecified atom stereocenters. The third-order valence-corrected chi connectivity index (χ3v) is 6.09. The molecule has 0 aromatic heterocycles. The molecule has 164 valence electrons. The summed E-state index contributed by atoms with van der Waals surface area (Å²) in [6, 6.07) is 15.3. The first-order valence-corrected chi connectivity index (χ1v) is 11.2. The summed E-state index contributed by atoms with van der Waals surface area (Å²) in [5, 5.41) is 2.96. The number of nitrogens with one attached hydrogen (secondary N) is 1. The summed E-state index contributed by atoms with van der Waals surface area (Å²) in [5.74, 6) is 1.93. The van der Waals surface area contributed by atoms with Crippen molar-refractivity contribution in [2.24, 2.45) is 5.92 Å². The van der Waals surface area contributed by atoms with Crippen molar-refractivity contribution in [2.75, 3.05) is 38.0 Å². The number of piperidine rings is 1. The number of anilines is 1. The maximum atomic E-state index is 12.5. The van der Waals surface area contributed by atoms with Crippen molar-refractivity contribution in [1.82, 2.24) is 9.80 Å². The number of rotatable bonds is 6. The molecular formula is C25H31N3O3. The van der Waals surface area contributed by atoms with Crippen LogP contribution in [-0.2, 0) is 9.59 Å². The van der Waals surface area contributed by atoms with Gasteiger partial charge in [0, 0.05) is 24.7 Å². The number of carbonyl (C=O) groups is 2. The fourth-order valence-corrected chi connectivity index (χ4v) is 4.36. The molecule has 0 atom stereocenters. The summed E-state index contributed by atoms with van der Waals surface area (Å²) in [7, 11) is 0. The second-order valence-electron chi connectivity index (χ2n) is 8.57. The van der Waals surface area contributed by atoms with E-state index >= 15 is 0 Å². The Hall–Kier alpha value is -2.86. The summed E-state index contributed by atoms with van der Waals surface area (Å²) < 4.78 is 5.85. The van der Waals surface area contributed by atoms with Crippen molar-refractivity contribution in [3.05, 3.63) is 54.1 Å². The number of likely N-dealkylation sites (tertiary alicyclic amines) is 2. The SMILES string of the molecule is Cc1cccc(Oc2ccc(NC(=O)CN3CCC(C(=O)N4CCCC4)CC3)cc2)c1. The maximum absolute atomic E-state index is 12.5. The van der Waals surface area contributed by atoms with Gasteiger partial charge < -0.3 is 15.0 Å². The smallest absolute Gasteiger partial charge is 0.238 e. The van der Waals surface area contributed by atoms with E-state index in [1.807, 2.05) is 60.4 Å². The molecule has 0 saturated carbocycles. The Balaban J connectivity index is 1.21. The summed E-state index contributed by atoms with van der Waals surface area (Å²) in [6.45, 7) is 5.79. The van der Waals surface area contributed by atoms with E-state index in [1.54, 1.807) is 0 Å². The Kier molecular flexibility index (Phi) is 6.87. The number of aryl methyl sites for hydroxylation is 1. The van der Waals surface area contributed by atoms with Crippen molar-refractivity contribution in [3.8, 4) is 11.5 Å². The van der Waals surface area contributed by atoms with Crippen LogP contribution >= 0.6 is 0 Å². The Labute approximate surface area is 184 Å². The Bertz CT molecular complexity index is 898. The average molecular weight is 422 g/mol. The van der Waals surface area contributed by atoms with E-state index in [4.69, 9.17) is 4.74 Å². The number of nitrogens with zero attached hydrogens (tertiary/aromatic N) is 2. The van der Waals surface area contributed by atoms with Crippen molar-refractivity contribution < 1.29 is 14.3 Å². The fraction of sp³-hybridized carbons (Fsp3) is 0.440. The predicted octanol–water partition coefficient (Wildman–Crippen LogP) is 4.06. The number of amides is 2. The number of carbonyl (C=O) groups excluding carboxylic acids is 2. The van der Waals surface area contributed by atoms with Crippen LogP contribution in [0.25, 0.3) is 0 Å². The molecule has 2 aromatic carbocycles. The van der Waals surface area contributed by atoms with Gasteiger partial charge in [-0.1, -0.05) is 12.1 Å². The number of benzene rings is 2. The van der Waals surface area contributed by atoms with E-state index < -0.39 is 0 Å². The Morgan fingerprint density at radius 3 is 2.35 bits per heavy atom. The van der Waals surface area contributed by atoms with E-state index in [1.165, 1.54) is 0 Å². The maximum Gasteiger partial charge on any atom is 0.238 e. The van der Waals surface area contributed by atoms with Crippen molar-refractivity contribution in [2.45, 2.75) is 32.6 Å². The van der Waals surface area contributed by atoms with Crippen molar-refractivity contribution in [3.63, 3.8) is 0 Å². The molecule has 2 amide bonds. The molecule has 0 radical (unpaired) electrons. The third kappa shape index (κ3) is 5.85. The highest BCUT2D eigenvalue weighted by molar-refractivity contribution is 5.92. The van der Waals surface area contributed by atoms with Gasteiger partial charge in [0.15, 0.2) is 0 Å². The van der Waals surface area contributed by atoms with Crippen molar-refractivity contribution >= 4 is 17.5 Å². The lowest BCUT2D eigenvalue weighted by Gasteiger charge is -2.32. The van der Waals surface area contributed by atoms with Gasteiger partial charge in [-0.25, -0.2) is 0 Å². The van der Waals surface area contributed by atoms with Crippen LogP contribution in [0.5, 0.6) is 11.5 Å².